The first-order valence-electron chi connectivity index (χ1n) is 7.50. The molecule has 3 rings (SSSR count). The summed E-state index contributed by atoms with van der Waals surface area (Å²) in [6.07, 6.45) is 2.44. The van der Waals surface area contributed by atoms with Crippen molar-refractivity contribution in [3.05, 3.63) is 24.3 Å². The van der Waals surface area contributed by atoms with Crippen molar-refractivity contribution in [2.75, 3.05) is 45.2 Å². The summed E-state index contributed by atoms with van der Waals surface area (Å²) in [7, 11) is 3.90. The van der Waals surface area contributed by atoms with Crippen molar-refractivity contribution in [2.45, 2.75) is 18.4 Å². The lowest BCUT2D eigenvalue weighted by Crippen LogP contribution is -2.61. The summed E-state index contributed by atoms with van der Waals surface area (Å²) >= 11 is 0. The van der Waals surface area contributed by atoms with Crippen LogP contribution in [0.1, 0.15) is 12.8 Å². The Hall–Kier alpha value is -1.26. The molecule has 2 fully saturated rings. The van der Waals surface area contributed by atoms with E-state index in [2.05, 4.69) is 29.0 Å². The minimum absolute atomic E-state index is 0.113. The van der Waals surface area contributed by atoms with E-state index in [1.807, 2.05) is 12.1 Å². The first-order valence-corrected chi connectivity index (χ1v) is 7.50. The second kappa shape index (κ2) is 5.26. The van der Waals surface area contributed by atoms with Crippen LogP contribution in [0.25, 0.3) is 0 Å². The number of fused-ring (bicyclic) bond motifs is 2. The summed E-state index contributed by atoms with van der Waals surface area (Å²) in [5, 5.41) is 0. The zero-order chi connectivity index (χ0) is 14.2. The second-order valence-electron chi connectivity index (χ2n) is 6.10. The highest BCUT2D eigenvalue weighted by molar-refractivity contribution is 5.51. The lowest BCUT2D eigenvalue weighted by molar-refractivity contribution is 0.168. The Balaban J connectivity index is 1.87. The van der Waals surface area contributed by atoms with Crippen molar-refractivity contribution in [1.29, 1.82) is 0 Å². The Morgan fingerprint density at radius 1 is 1.35 bits per heavy atom. The van der Waals surface area contributed by atoms with Gasteiger partial charge in [0.25, 0.3) is 0 Å². The van der Waals surface area contributed by atoms with Crippen LogP contribution < -0.4 is 15.4 Å². The molecule has 0 aromatic heterocycles. The predicted molar refractivity (Wildman–Crippen MR) is 82.3 cm³/mol. The molecule has 1 aromatic rings. The SMILES string of the molecule is COc1ccc(N(C)C2(CN)CCN3CCC2C3)cc1. The summed E-state index contributed by atoms with van der Waals surface area (Å²) in [6, 6.07) is 8.33. The molecule has 2 aliphatic rings. The van der Waals surface area contributed by atoms with Gasteiger partial charge in [0.15, 0.2) is 0 Å². The Bertz CT molecular complexity index is 461. The summed E-state index contributed by atoms with van der Waals surface area (Å²) in [4.78, 5) is 4.99. The quantitative estimate of drug-likeness (QED) is 0.905. The van der Waals surface area contributed by atoms with Crippen LogP contribution in [0.2, 0.25) is 0 Å². The lowest BCUT2D eigenvalue weighted by atomic mass is 9.77. The molecule has 0 saturated carbocycles. The first-order chi connectivity index (χ1) is 9.69. The number of nitrogens with two attached hydrogens (primary N) is 1. The number of anilines is 1. The number of rotatable bonds is 4. The van der Waals surface area contributed by atoms with Crippen molar-refractivity contribution < 1.29 is 4.74 Å². The van der Waals surface area contributed by atoms with Gasteiger partial charge in [-0.15, -0.1) is 0 Å². The van der Waals surface area contributed by atoms with Crippen molar-refractivity contribution in [3.63, 3.8) is 0 Å². The highest BCUT2D eigenvalue weighted by atomic mass is 16.5. The van der Waals surface area contributed by atoms with E-state index in [0.717, 1.165) is 18.7 Å². The molecule has 1 aromatic carbocycles. The van der Waals surface area contributed by atoms with Gasteiger partial charge in [-0.1, -0.05) is 0 Å². The lowest BCUT2D eigenvalue weighted by Gasteiger charge is -2.49. The molecule has 2 saturated heterocycles. The fraction of sp³-hybridized carbons (Fsp3) is 0.625. The van der Waals surface area contributed by atoms with Crippen LogP contribution in [-0.4, -0.2) is 50.8 Å². The van der Waals surface area contributed by atoms with Gasteiger partial charge in [0.1, 0.15) is 5.75 Å². The van der Waals surface area contributed by atoms with Gasteiger partial charge in [0, 0.05) is 32.4 Å². The number of ether oxygens (including phenoxy) is 1. The van der Waals surface area contributed by atoms with Crippen molar-refractivity contribution >= 4 is 5.69 Å². The van der Waals surface area contributed by atoms with Gasteiger partial charge in [0.05, 0.1) is 12.6 Å². The third kappa shape index (κ3) is 2.07. The molecule has 3 unspecified atom stereocenters. The van der Waals surface area contributed by atoms with Crippen LogP contribution in [0.5, 0.6) is 5.75 Å². The maximum atomic E-state index is 6.23. The number of piperidine rings is 1. The highest BCUT2D eigenvalue weighted by Crippen LogP contribution is 2.40. The van der Waals surface area contributed by atoms with E-state index in [1.54, 1.807) is 7.11 Å². The van der Waals surface area contributed by atoms with Gasteiger partial charge >= 0.3 is 0 Å². The molecular weight excluding hydrogens is 250 g/mol. The van der Waals surface area contributed by atoms with Crippen LogP contribution in [-0.2, 0) is 0 Å². The van der Waals surface area contributed by atoms with Gasteiger partial charge in [-0.25, -0.2) is 0 Å². The van der Waals surface area contributed by atoms with Crippen LogP contribution in [0.15, 0.2) is 24.3 Å². The molecule has 2 aliphatic heterocycles. The Kier molecular flexibility index (Phi) is 3.61. The smallest absolute Gasteiger partial charge is 0.119 e. The molecule has 0 radical (unpaired) electrons. The largest absolute Gasteiger partial charge is 0.497 e. The van der Waals surface area contributed by atoms with Crippen LogP contribution in [0.4, 0.5) is 5.69 Å². The third-order valence-corrected chi connectivity index (χ3v) is 5.37. The van der Waals surface area contributed by atoms with E-state index in [9.17, 15) is 0 Å². The van der Waals surface area contributed by atoms with E-state index in [1.165, 1.54) is 31.7 Å². The summed E-state index contributed by atoms with van der Waals surface area (Å²) in [5.41, 5.74) is 7.58. The fourth-order valence-corrected chi connectivity index (χ4v) is 3.94. The third-order valence-electron chi connectivity index (χ3n) is 5.37. The number of nitrogens with zero attached hydrogens (tertiary/aromatic N) is 2. The van der Waals surface area contributed by atoms with Gasteiger partial charge in [-0.2, -0.15) is 0 Å². The van der Waals surface area contributed by atoms with Crippen molar-refractivity contribution in [1.82, 2.24) is 4.90 Å². The molecular formula is C16H25N3O. The topological polar surface area (TPSA) is 41.7 Å². The van der Waals surface area contributed by atoms with Crippen LogP contribution >= 0.6 is 0 Å². The van der Waals surface area contributed by atoms with Crippen LogP contribution in [0, 0.1) is 5.92 Å². The van der Waals surface area contributed by atoms with E-state index < -0.39 is 0 Å². The maximum Gasteiger partial charge on any atom is 0.119 e. The summed E-state index contributed by atoms with van der Waals surface area (Å²) in [5.74, 6) is 1.59. The highest BCUT2D eigenvalue weighted by Gasteiger charge is 2.47. The molecule has 0 spiro atoms. The average molecular weight is 275 g/mol. The van der Waals surface area contributed by atoms with Crippen molar-refractivity contribution in [3.8, 4) is 5.75 Å². The number of methoxy groups -OCH3 is 1. The maximum absolute atomic E-state index is 6.23. The molecule has 2 N–H and O–H groups in total. The van der Waals surface area contributed by atoms with Gasteiger partial charge in [-0.05, 0) is 49.6 Å². The molecule has 3 atom stereocenters. The van der Waals surface area contributed by atoms with Gasteiger partial charge < -0.3 is 20.3 Å². The number of hydrogen-bond acceptors (Lipinski definition) is 4. The zero-order valence-corrected chi connectivity index (χ0v) is 12.5. The Morgan fingerprint density at radius 2 is 2.10 bits per heavy atom. The standard InChI is InChI=1S/C16H25N3O/c1-18(14-3-5-15(20-2)6-4-14)16(12-17)8-10-19-9-7-13(16)11-19/h3-6,13H,7-12,17H2,1-2H3. The zero-order valence-electron chi connectivity index (χ0n) is 12.5. The van der Waals surface area contributed by atoms with Crippen molar-refractivity contribution in [2.24, 2.45) is 11.7 Å². The normalized spacial score (nSPS) is 32.1. The minimum Gasteiger partial charge on any atom is -0.497 e. The van der Waals surface area contributed by atoms with E-state index >= 15 is 0 Å². The predicted octanol–water partition coefficient (Wildman–Crippen LogP) is 1.55. The Labute approximate surface area is 121 Å². The molecule has 2 heterocycles. The Morgan fingerprint density at radius 3 is 2.75 bits per heavy atom. The monoisotopic (exact) mass is 275 g/mol. The van der Waals surface area contributed by atoms with Gasteiger partial charge in [-0.3, -0.25) is 0 Å². The molecule has 4 nitrogen and oxygen atoms in total. The van der Waals surface area contributed by atoms with E-state index in [-0.39, 0.29) is 5.54 Å². The summed E-state index contributed by atoms with van der Waals surface area (Å²) in [6.45, 7) is 4.35. The van der Waals surface area contributed by atoms with E-state index in [4.69, 9.17) is 10.5 Å². The summed E-state index contributed by atoms with van der Waals surface area (Å²) < 4.78 is 5.24. The molecule has 110 valence electrons. The molecule has 4 heteroatoms. The molecule has 0 aliphatic carbocycles. The second-order valence-corrected chi connectivity index (χ2v) is 6.10. The number of benzene rings is 1. The first kappa shape index (κ1) is 13.7. The molecule has 2 bridgehead atoms. The number of hydrogen-bond donors (Lipinski definition) is 1. The van der Waals surface area contributed by atoms with Crippen LogP contribution in [0.3, 0.4) is 0 Å². The van der Waals surface area contributed by atoms with Gasteiger partial charge in [0.2, 0.25) is 0 Å². The van der Waals surface area contributed by atoms with E-state index in [0.29, 0.717) is 5.92 Å². The average Bonchev–Trinajstić information content (AvgIpc) is 2.91. The fourth-order valence-electron chi connectivity index (χ4n) is 3.94. The minimum atomic E-state index is 0.113. The molecule has 0 amide bonds. The molecule has 20 heavy (non-hydrogen) atoms. The number of likely N-dealkylation sites (N-methyl/N-ethyl adjacent to an activating group) is 1.